The molecule has 0 aliphatic heterocycles. The van der Waals surface area contributed by atoms with E-state index in [0.29, 0.717) is 6.04 Å². The molecule has 0 saturated heterocycles. The number of rotatable bonds is 6. The van der Waals surface area contributed by atoms with Crippen LogP contribution >= 0.6 is 0 Å². The summed E-state index contributed by atoms with van der Waals surface area (Å²) in [4.78, 5) is 0. The zero-order chi connectivity index (χ0) is 13.1. The van der Waals surface area contributed by atoms with Gasteiger partial charge in [-0.3, -0.25) is 4.68 Å². The van der Waals surface area contributed by atoms with Gasteiger partial charge in [-0.05, 0) is 19.9 Å². The fraction of sp³-hybridized carbons (Fsp3) is 0.769. The minimum absolute atomic E-state index is 0.0399. The van der Waals surface area contributed by atoms with Crippen molar-refractivity contribution in [3.63, 3.8) is 0 Å². The van der Waals surface area contributed by atoms with E-state index >= 15 is 0 Å². The average molecular weight is 239 g/mol. The van der Waals surface area contributed by atoms with Crippen molar-refractivity contribution in [3.05, 3.63) is 11.9 Å². The number of nitrogens with one attached hydrogen (secondary N) is 1. The van der Waals surface area contributed by atoms with E-state index in [1.165, 1.54) is 0 Å². The minimum atomic E-state index is 0.0399. The van der Waals surface area contributed by atoms with Crippen molar-refractivity contribution in [1.29, 1.82) is 0 Å². The molecular formula is C13H25N3O. The topological polar surface area (TPSA) is 39.1 Å². The Kier molecular flexibility index (Phi) is 4.57. The maximum atomic E-state index is 5.39. The van der Waals surface area contributed by atoms with E-state index in [1.807, 2.05) is 11.7 Å². The van der Waals surface area contributed by atoms with E-state index < -0.39 is 0 Å². The Hall–Kier alpha value is -1.03. The third-order valence-electron chi connectivity index (χ3n) is 3.14. The van der Waals surface area contributed by atoms with Crippen LogP contribution in [0.3, 0.4) is 0 Å². The third-order valence-corrected chi connectivity index (χ3v) is 3.14. The third kappa shape index (κ3) is 3.22. The van der Waals surface area contributed by atoms with Crippen molar-refractivity contribution in [2.45, 2.75) is 45.6 Å². The normalized spacial score (nSPS) is 13.8. The first-order valence-electron chi connectivity index (χ1n) is 6.22. The SMILES string of the molecule is CCNC(C)CC(C)(C)c1c(OC)cnn1C. The molecule has 4 nitrogen and oxygen atoms in total. The summed E-state index contributed by atoms with van der Waals surface area (Å²) in [6.45, 7) is 9.82. The van der Waals surface area contributed by atoms with Gasteiger partial charge in [0.1, 0.15) is 0 Å². The highest BCUT2D eigenvalue weighted by Gasteiger charge is 2.29. The number of hydrogen-bond donors (Lipinski definition) is 1. The van der Waals surface area contributed by atoms with Crippen molar-refractivity contribution in [2.75, 3.05) is 13.7 Å². The summed E-state index contributed by atoms with van der Waals surface area (Å²) in [5.41, 5.74) is 1.20. The Bertz CT molecular complexity index is 358. The van der Waals surface area contributed by atoms with Gasteiger partial charge < -0.3 is 10.1 Å². The van der Waals surface area contributed by atoms with Gasteiger partial charge in [0, 0.05) is 18.5 Å². The van der Waals surface area contributed by atoms with Crippen LogP contribution in [0, 0.1) is 0 Å². The molecule has 1 unspecified atom stereocenters. The van der Waals surface area contributed by atoms with Crippen molar-refractivity contribution in [1.82, 2.24) is 15.1 Å². The number of aromatic nitrogens is 2. The molecule has 0 bridgehead atoms. The van der Waals surface area contributed by atoms with Gasteiger partial charge in [0.05, 0.1) is 19.0 Å². The molecule has 0 fully saturated rings. The zero-order valence-electron chi connectivity index (χ0n) is 11.9. The lowest BCUT2D eigenvalue weighted by atomic mass is 9.82. The van der Waals surface area contributed by atoms with Gasteiger partial charge in [-0.15, -0.1) is 0 Å². The Balaban J connectivity index is 2.91. The highest BCUT2D eigenvalue weighted by molar-refractivity contribution is 5.31. The van der Waals surface area contributed by atoms with Crippen LogP contribution in [0.2, 0.25) is 0 Å². The second-order valence-corrected chi connectivity index (χ2v) is 5.23. The lowest BCUT2D eigenvalue weighted by molar-refractivity contribution is 0.346. The lowest BCUT2D eigenvalue weighted by Gasteiger charge is -2.29. The van der Waals surface area contributed by atoms with Crippen LogP contribution in [-0.2, 0) is 12.5 Å². The number of nitrogens with zero attached hydrogens (tertiary/aromatic N) is 2. The summed E-state index contributed by atoms with van der Waals surface area (Å²) in [5.74, 6) is 0.876. The second-order valence-electron chi connectivity index (χ2n) is 5.23. The molecule has 1 aromatic rings. The van der Waals surface area contributed by atoms with E-state index in [0.717, 1.165) is 24.4 Å². The Morgan fingerprint density at radius 2 is 2.18 bits per heavy atom. The van der Waals surface area contributed by atoms with E-state index in [-0.39, 0.29) is 5.41 Å². The highest BCUT2D eigenvalue weighted by Crippen LogP contribution is 2.34. The Labute approximate surface area is 104 Å². The number of methoxy groups -OCH3 is 1. The van der Waals surface area contributed by atoms with E-state index in [4.69, 9.17) is 4.74 Å². The molecule has 0 aromatic carbocycles. The first kappa shape index (κ1) is 14.0. The van der Waals surface area contributed by atoms with Crippen molar-refractivity contribution >= 4 is 0 Å². The maximum Gasteiger partial charge on any atom is 0.160 e. The van der Waals surface area contributed by atoms with Crippen LogP contribution in [-0.4, -0.2) is 29.5 Å². The average Bonchev–Trinajstić information content (AvgIpc) is 2.59. The van der Waals surface area contributed by atoms with Crippen LogP contribution < -0.4 is 10.1 Å². The first-order valence-corrected chi connectivity index (χ1v) is 6.22. The van der Waals surface area contributed by atoms with Crippen LogP contribution in [0.4, 0.5) is 0 Å². The summed E-state index contributed by atoms with van der Waals surface area (Å²) in [6.07, 6.45) is 2.84. The van der Waals surface area contributed by atoms with Gasteiger partial charge in [-0.25, -0.2) is 0 Å². The smallest absolute Gasteiger partial charge is 0.160 e. The van der Waals surface area contributed by atoms with E-state index in [1.54, 1.807) is 13.3 Å². The molecule has 17 heavy (non-hydrogen) atoms. The van der Waals surface area contributed by atoms with Crippen LogP contribution in [0.1, 0.15) is 39.8 Å². The largest absolute Gasteiger partial charge is 0.493 e. The predicted octanol–water partition coefficient (Wildman–Crippen LogP) is 2.09. The quantitative estimate of drug-likeness (QED) is 0.826. The molecule has 4 heteroatoms. The number of hydrogen-bond acceptors (Lipinski definition) is 3. The summed E-state index contributed by atoms with van der Waals surface area (Å²) >= 11 is 0. The van der Waals surface area contributed by atoms with E-state index in [9.17, 15) is 0 Å². The summed E-state index contributed by atoms with van der Waals surface area (Å²) < 4.78 is 7.30. The number of aryl methyl sites for hydroxylation is 1. The molecular weight excluding hydrogens is 214 g/mol. The highest BCUT2D eigenvalue weighted by atomic mass is 16.5. The molecule has 1 N–H and O–H groups in total. The fourth-order valence-corrected chi connectivity index (χ4v) is 2.62. The van der Waals surface area contributed by atoms with Gasteiger partial charge >= 0.3 is 0 Å². The molecule has 0 aliphatic carbocycles. The van der Waals surface area contributed by atoms with Gasteiger partial charge in [0.15, 0.2) is 5.75 Å². The molecule has 0 aliphatic rings. The van der Waals surface area contributed by atoms with E-state index in [2.05, 4.69) is 38.1 Å². The van der Waals surface area contributed by atoms with Gasteiger partial charge in [-0.2, -0.15) is 5.10 Å². The van der Waals surface area contributed by atoms with Crippen molar-refractivity contribution in [3.8, 4) is 5.75 Å². The predicted molar refractivity (Wildman–Crippen MR) is 70.5 cm³/mol. The Morgan fingerprint density at radius 3 is 2.71 bits per heavy atom. The van der Waals surface area contributed by atoms with Crippen LogP contribution in [0.25, 0.3) is 0 Å². The molecule has 0 spiro atoms. The molecule has 1 rings (SSSR count). The molecule has 0 amide bonds. The van der Waals surface area contributed by atoms with Gasteiger partial charge in [-0.1, -0.05) is 20.8 Å². The maximum absolute atomic E-state index is 5.39. The monoisotopic (exact) mass is 239 g/mol. The molecule has 1 atom stereocenters. The van der Waals surface area contributed by atoms with Crippen molar-refractivity contribution in [2.24, 2.45) is 7.05 Å². The van der Waals surface area contributed by atoms with Gasteiger partial charge in [0.25, 0.3) is 0 Å². The van der Waals surface area contributed by atoms with Crippen LogP contribution in [0.5, 0.6) is 5.75 Å². The first-order chi connectivity index (χ1) is 7.92. The zero-order valence-corrected chi connectivity index (χ0v) is 11.9. The summed E-state index contributed by atoms with van der Waals surface area (Å²) in [6, 6.07) is 0.481. The fourth-order valence-electron chi connectivity index (χ4n) is 2.62. The summed E-state index contributed by atoms with van der Waals surface area (Å²) in [7, 11) is 3.67. The van der Waals surface area contributed by atoms with Crippen molar-refractivity contribution < 1.29 is 4.74 Å². The van der Waals surface area contributed by atoms with Crippen LogP contribution in [0.15, 0.2) is 6.20 Å². The molecule has 0 radical (unpaired) electrons. The molecule has 1 heterocycles. The Morgan fingerprint density at radius 1 is 1.53 bits per heavy atom. The number of ether oxygens (including phenoxy) is 1. The molecule has 0 saturated carbocycles. The molecule has 1 aromatic heterocycles. The summed E-state index contributed by atoms with van der Waals surface area (Å²) in [5, 5.41) is 7.73. The van der Waals surface area contributed by atoms with Gasteiger partial charge in [0.2, 0.25) is 0 Å². The molecule has 98 valence electrons. The second kappa shape index (κ2) is 5.54. The minimum Gasteiger partial charge on any atom is -0.493 e. The standard InChI is InChI=1S/C13H25N3O/c1-7-14-10(2)8-13(3,4)12-11(17-6)9-15-16(12)5/h9-10,14H,7-8H2,1-6H3. The lowest BCUT2D eigenvalue weighted by Crippen LogP contribution is -2.34.